The first-order valence-corrected chi connectivity index (χ1v) is 9.45. The number of fused-ring (bicyclic) bond motifs is 1. The number of halogens is 1. The van der Waals surface area contributed by atoms with Crippen molar-refractivity contribution in [2.75, 3.05) is 25.6 Å². The SMILES string of the molecule is CCc1ccc(Nc2sc3nc(OC)ccc3c2C(=O)NOCCO)c(F)c1. The molecular weight excluding hydrogens is 385 g/mol. The summed E-state index contributed by atoms with van der Waals surface area (Å²) in [6.45, 7) is 1.67. The molecule has 3 rings (SSSR count). The van der Waals surface area contributed by atoms with Crippen LogP contribution in [-0.4, -0.2) is 36.3 Å². The molecule has 0 unspecified atom stereocenters. The van der Waals surface area contributed by atoms with Crippen molar-refractivity contribution in [2.24, 2.45) is 0 Å². The van der Waals surface area contributed by atoms with Crippen molar-refractivity contribution in [1.82, 2.24) is 10.5 Å². The predicted molar refractivity (Wildman–Crippen MR) is 106 cm³/mol. The van der Waals surface area contributed by atoms with E-state index in [1.165, 1.54) is 24.5 Å². The van der Waals surface area contributed by atoms with Gasteiger partial charge < -0.3 is 15.2 Å². The van der Waals surface area contributed by atoms with Gasteiger partial charge in [-0.3, -0.25) is 9.63 Å². The highest BCUT2D eigenvalue weighted by atomic mass is 32.1. The van der Waals surface area contributed by atoms with Gasteiger partial charge in [-0.1, -0.05) is 24.3 Å². The Morgan fingerprint density at radius 2 is 2.14 bits per heavy atom. The first kappa shape index (κ1) is 20.0. The first-order chi connectivity index (χ1) is 13.6. The zero-order valence-corrected chi connectivity index (χ0v) is 16.2. The molecule has 0 spiro atoms. The molecular formula is C19H20FN3O4S. The zero-order valence-electron chi connectivity index (χ0n) is 15.4. The lowest BCUT2D eigenvalue weighted by Crippen LogP contribution is -2.25. The van der Waals surface area contributed by atoms with Gasteiger partial charge >= 0.3 is 0 Å². The molecule has 0 fully saturated rings. The number of carbonyl (C=O) groups is 1. The molecule has 0 aliphatic carbocycles. The van der Waals surface area contributed by atoms with E-state index in [4.69, 9.17) is 14.7 Å². The highest BCUT2D eigenvalue weighted by molar-refractivity contribution is 7.23. The number of hydrogen-bond acceptors (Lipinski definition) is 7. The molecule has 0 aliphatic heterocycles. The summed E-state index contributed by atoms with van der Waals surface area (Å²) in [6, 6.07) is 8.27. The Labute approximate surface area is 165 Å². The van der Waals surface area contributed by atoms with Crippen molar-refractivity contribution >= 4 is 38.1 Å². The molecule has 9 heteroatoms. The number of aliphatic hydroxyl groups is 1. The van der Waals surface area contributed by atoms with Crippen LogP contribution in [0.15, 0.2) is 30.3 Å². The number of nitrogens with zero attached hydrogens (tertiary/aromatic N) is 1. The summed E-state index contributed by atoms with van der Waals surface area (Å²) in [7, 11) is 1.50. The minimum atomic E-state index is -0.528. The van der Waals surface area contributed by atoms with E-state index >= 15 is 0 Å². The fraction of sp³-hybridized carbons (Fsp3) is 0.263. The number of anilines is 2. The van der Waals surface area contributed by atoms with Crippen molar-refractivity contribution < 1.29 is 23.9 Å². The first-order valence-electron chi connectivity index (χ1n) is 8.63. The number of nitrogens with one attached hydrogen (secondary N) is 2. The number of carbonyl (C=O) groups excluding carboxylic acids is 1. The summed E-state index contributed by atoms with van der Waals surface area (Å²) < 4.78 is 19.6. The van der Waals surface area contributed by atoms with E-state index in [0.29, 0.717) is 21.1 Å². The van der Waals surface area contributed by atoms with Gasteiger partial charge in [0.15, 0.2) is 0 Å². The zero-order chi connectivity index (χ0) is 20.1. The lowest BCUT2D eigenvalue weighted by Gasteiger charge is -2.10. The van der Waals surface area contributed by atoms with Crippen molar-refractivity contribution in [3.8, 4) is 5.88 Å². The minimum Gasteiger partial charge on any atom is -0.481 e. The van der Waals surface area contributed by atoms with Crippen LogP contribution in [0.25, 0.3) is 10.2 Å². The summed E-state index contributed by atoms with van der Waals surface area (Å²) in [5.74, 6) is -0.535. The van der Waals surface area contributed by atoms with Crippen LogP contribution in [0.3, 0.4) is 0 Å². The summed E-state index contributed by atoms with van der Waals surface area (Å²) >= 11 is 1.20. The van der Waals surface area contributed by atoms with E-state index in [9.17, 15) is 9.18 Å². The van der Waals surface area contributed by atoms with Gasteiger partial charge in [0.2, 0.25) is 5.88 Å². The highest BCUT2D eigenvalue weighted by Crippen LogP contribution is 2.38. The molecule has 3 N–H and O–H groups in total. The van der Waals surface area contributed by atoms with Crippen LogP contribution in [0.5, 0.6) is 5.88 Å². The molecule has 7 nitrogen and oxygen atoms in total. The smallest absolute Gasteiger partial charge is 0.278 e. The molecule has 0 atom stereocenters. The third-order valence-electron chi connectivity index (χ3n) is 4.01. The minimum absolute atomic E-state index is 0.0459. The van der Waals surface area contributed by atoms with Crippen molar-refractivity contribution in [1.29, 1.82) is 0 Å². The monoisotopic (exact) mass is 405 g/mol. The average Bonchev–Trinajstić information content (AvgIpc) is 3.06. The summed E-state index contributed by atoms with van der Waals surface area (Å²) in [5, 5.41) is 12.8. The number of aliphatic hydroxyl groups excluding tert-OH is 1. The number of hydroxylamine groups is 1. The van der Waals surface area contributed by atoms with Gasteiger partial charge in [-0.05, 0) is 30.2 Å². The quantitative estimate of drug-likeness (QED) is 0.393. The van der Waals surface area contributed by atoms with Crippen LogP contribution < -0.4 is 15.5 Å². The number of amides is 1. The Morgan fingerprint density at radius 1 is 1.32 bits per heavy atom. The molecule has 2 aromatic heterocycles. The molecule has 0 saturated heterocycles. The highest BCUT2D eigenvalue weighted by Gasteiger charge is 2.21. The standard InChI is InChI=1S/C19H20FN3O4S/c1-3-11-4-6-14(13(20)10-11)21-19-16(17(25)23-27-9-8-24)12-5-7-15(26-2)22-18(12)28-19/h4-7,10,21,24H,3,8-9H2,1-2H3,(H,23,25). The maximum Gasteiger partial charge on any atom is 0.278 e. The molecule has 28 heavy (non-hydrogen) atoms. The van der Waals surface area contributed by atoms with Crippen LogP contribution in [0, 0.1) is 5.82 Å². The Morgan fingerprint density at radius 3 is 2.82 bits per heavy atom. The van der Waals surface area contributed by atoms with Gasteiger partial charge in [0.05, 0.1) is 31.6 Å². The van der Waals surface area contributed by atoms with Gasteiger partial charge in [0, 0.05) is 11.5 Å². The molecule has 0 bridgehead atoms. The Balaban J connectivity index is 2.01. The van der Waals surface area contributed by atoms with E-state index in [2.05, 4.69) is 15.8 Å². The van der Waals surface area contributed by atoms with Crippen molar-refractivity contribution in [2.45, 2.75) is 13.3 Å². The van der Waals surface area contributed by atoms with E-state index in [1.54, 1.807) is 18.2 Å². The van der Waals surface area contributed by atoms with Gasteiger partial charge in [-0.2, -0.15) is 0 Å². The lowest BCUT2D eigenvalue weighted by atomic mass is 10.1. The summed E-state index contributed by atoms with van der Waals surface area (Å²) in [4.78, 5) is 22.5. The maximum atomic E-state index is 14.4. The number of thiophene rings is 1. The van der Waals surface area contributed by atoms with Crippen LogP contribution >= 0.6 is 11.3 Å². The van der Waals surface area contributed by atoms with Crippen LogP contribution in [-0.2, 0) is 11.3 Å². The number of aryl methyl sites for hydroxylation is 1. The fourth-order valence-corrected chi connectivity index (χ4v) is 3.68. The van der Waals surface area contributed by atoms with E-state index < -0.39 is 11.7 Å². The van der Waals surface area contributed by atoms with Gasteiger partial charge in [0.25, 0.3) is 5.91 Å². The second-order valence-electron chi connectivity index (χ2n) is 5.81. The largest absolute Gasteiger partial charge is 0.481 e. The number of aromatic nitrogens is 1. The predicted octanol–water partition coefficient (Wildman–Crippen LogP) is 3.40. The number of hydrogen-bond donors (Lipinski definition) is 3. The summed E-state index contributed by atoms with van der Waals surface area (Å²) in [5.41, 5.74) is 3.68. The molecule has 0 radical (unpaired) electrons. The second kappa shape index (κ2) is 8.96. The summed E-state index contributed by atoms with van der Waals surface area (Å²) in [6.07, 6.45) is 0.722. The second-order valence-corrected chi connectivity index (χ2v) is 6.81. The molecule has 1 aromatic carbocycles. The maximum absolute atomic E-state index is 14.4. The van der Waals surface area contributed by atoms with Crippen LogP contribution in [0.2, 0.25) is 0 Å². The number of rotatable bonds is 8. The molecule has 0 saturated carbocycles. The number of pyridine rings is 1. The third-order valence-corrected chi connectivity index (χ3v) is 5.03. The topological polar surface area (TPSA) is 92.7 Å². The van der Waals surface area contributed by atoms with E-state index in [-0.39, 0.29) is 24.5 Å². The molecule has 0 aliphatic rings. The molecule has 3 aromatic rings. The number of benzene rings is 1. The van der Waals surface area contributed by atoms with Crippen molar-refractivity contribution in [3.63, 3.8) is 0 Å². The van der Waals surface area contributed by atoms with Crippen LogP contribution in [0.1, 0.15) is 22.8 Å². The third kappa shape index (κ3) is 4.22. The number of methoxy groups -OCH3 is 1. The normalized spacial score (nSPS) is 10.9. The van der Waals surface area contributed by atoms with Gasteiger partial charge in [0.1, 0.15) is 15.6 Å². The molecule has 148 valence electrons. The van der Waals surface area contributed by atoms with E-state index in [0.717, 1.165) is 12.0 Å². The Bertz CT molecular complexity index is 993. The van der Waals surface area contributed by atoms with Gasteiger partial charge in [-0.25, -0.2) is 14.9 Å². The molecule has 2 heterocycles. The van der Waals surface area contributed by atoms with E-state index in [1.807, 2.05) is 13.0 Å². The fourth-order valence-electron chi connectivity index (χ4n) is 2.60. The lowest BCUT2D eigenvalue weighted by molar-refractivity contribution is 0.0170. The van der Waals surface area contributed by atoms with Gasteiger partial charge in [-0.15, -0.1) is 0 Å². The Kier molecular flexibility index (Phi) is 6.40. The van der Waals surface area contributed by atoms with Crippen molar-refractivity contribution in [3.05, 3.63) is 47.3 Å². The number of ether oxygens (including phenoxy) is 1. The average molecular weight is 405 g/mol. The Hall–Kier alpha value is -2.75. The molecule has 1 amide bonds. The van der Waals surface area contributed by atoms with Crippen LogP contribution in [0.4, 0.5) is 15.1 Å².